The highest BCUT2D eigenvalue weighted by Gasteiger charge is 2.37. The SMILES string of the molecule is O=C(O)COc1ccc(/C=C2/SC(=O)N(CC(=O)N3CCCCC3)C2=O)cc1. The van der Waals surface area contributed by atoms with Crippen LogP contribution in [0.4, 0.5) is 4.79 Å². The van der Waals surface area contributed by atoms with Gasteiger partial charge >= 0.3 is 5.97 Å². The van der Waals surface area contributed by atoms with E-state index in [0.29, 0.717) is 24.4 Å². The van der Waals surface area contributed by atoms with Crippen molar-refractivity contribution in [2.45, 2.75) is 19.3 Å². The van der Waals surface area contributed by atoms with Gasteiger partial charge in [0.1, 0.15) is 12.3 Å². The second-order valence-corrected chi connectivity index (χ2v) is 7.45. The molecule has 2 saturated heterocycles. The average Bonchev–Trinajstić information content (AvgIpc) is 2.95. The molecule has 9 heteroatoms. The van der Waals surface area contributed by atoms with Crippen LogP contribution in [0.2, 0.25) is 0 Å². The van der Waals surface area contributed by atoms with Crippen molar-refractivity contribution in [3.8, 4) is 5.75 Å². The van der Waals surface area contributed by atoms with Crippen molar-refractivity contribution in [3.05, 3.63) is 34.7 Å². The van der Waals surface area contributed by atoms with Crippen LogP contribution < -0.4 is 4.74 Å². The normalized spacial score (nSPS) is 18.6. The Labute approximate surface area is 166 Å². The molecule has 0 unspecified atom stereocenters. The Morgan fingerprint density at radius 1 is 1.11 bits per heavy atom. The number of carbonyl (C=O) groups excluding carboxylic acids is 3. The number of imide groups is 1. The molecule has 2 aliphatic heterocycles. The van der Waals surface area contributed by atoms with Crippen LogP contribution in [0.15, 0.2) is 29.2 Å². The number of benzene rings is 1. The first-order valence-electron chi connectivity index (χ1n) is 8.92. The van der Waals surface area contributed by atoms with Gasteiger partial charge in [-0.3, -0.25) is 19.3 Å². The van der Waals surface area contributed by atoms with Crippen LogP contribution in [0.25, 0.3) is 6.08 Å². The molecule has 0 aromatic heterocycles. The van der Waals surface area contributed by atoms with Gasteiger partial charge in [0.2, 0.25) is 5.91 Å². The van der Waals surface area contributed by atoms with E-state index in [1.807, 2.05) is 0 Å². The first-order valence-corrected chi connectivity index (χ1v) is 9.73. The molecule has 2 heterocycles. The summed E-state index contributed by atoms with van der Waals surface area (Å²) in [5.41, 5.74) is 0.663. The van der Waals surface area contributed by atoms with Crippen LogP contribution in [0, 0.1) is 0 Å². The van der Waals surface area contributed by atoms with Crippen LogP contribution in [-0.2, 0) is 14.4 Å². The van der Waals surface area contributed by atoms with Crippen LogP contribution in [0.1, 0.15) is 24.8 Å². The predicted molar refractivity (Wildman–Crippen MR) is 103 cm³/mol. The highest BCUT2D eigenvalue weighted by molar-refractivity contribution is 8.18. The van der Waals surface area contributed by atoms with Crippen molar-refractivity contribution in [1.29, 1.82) is 0 Å². The third-order valence-corrected chi connectivity index (χ3v) is 5.32. The fraction of sp³-hybridized carbons (Fsp3) is 0.368. The number of ether oxygens (including phenoxy) is 1. The summed E-state index contributed by atoms with van der Waals surface area (Å²) >= 11 is 0.802. The number of amides is 3. The van der Waals surface area contributed by atoms with Gasteiger partial charge < -0.3 is 14.7 Å². The third kappa shape index (κ3) is 4.92. The molecule has 0 aliphatic carbocycles. The second-order valence-electron chi connectivity index (χ2n) is 6.46. The van der Waals surface area contributed by atoms with Crippen molar-refractivity contribution in [3.63, 3.8) is 0 Å². The number of nitrogens with zero attached hydrogens (tertiary/aromatic N) is 2. The number of thioether (sulfide) groups is 1. The molecule has 3 amide bonds. The van der Waals surface area contributed by atoms with E-state index in [0.717, 1.165) is 35.9 Å². The minimum Gasteiger partial charge on any atom is -0.482 e. The molecule has 3 rings (SSSR count). The molecule has 0 atom stereocenters. The van der Waals surface area contributed by atoms with Gasteiger partial charge in [0.15, 0.2) is 6.61 Å². The van der Waals surface area contributed by atoms with E-state index in [1.54, 1.807) is 35.2 Å². The van der Waals surface area contributed by atoms with Gasteiger partial charge in [-0.25, -0.2) is 4.79 Å². The molecule has 2 fully saturated rings. The lowest BCUT2D eigenvalue weighted by molar-refractivity contribution is -0.139. The largest absolute Gasteiger partial charge is 0.482 e. The Bertz CT molecular complexity index is 814. The number of rotatable bonds is 6. The lowest BCUT2D eigenvalue weighted by Gasteiger charge is -2.27. The molecule has 0 saturated carbocycles. The summed E-state index contributed by atoms with van der Waals surface area (Å²) in [4.78, 5) is 50.5. The highest BCUT2D eigenvalue weighted by Crippen LogP contribution is 2.32. The number of piperidine rings is 1. The smallest absolute Gasteiger partial charge is 0.341 e. The van der Waals surface area contributed by atoms with Gasteiger partial charge in [-0.1, -0.05) is 12.1 Å². The molecule has 1 aromatic rings. The lowest BCUT2D eigenvalue weighted by atomic mass is 10.1. The predicted octanol–water partition coefficient (Wildman–Crippen LogP) is 2.20. The van der Waals surface area contributed by atoms with Crippen molar-refractivity contribution >= 4 is 40.9 Å². The zero-order chi connectivity index (χ0) is 20.1. The maximum Gasteiger partial charge on any atom is 0.341 e. The topological polar surface area (TPSA) is 104 Å². The molecule has 0 bridgehead atoms. The summed E-state index contributed by atoms with van der Waals surface area (Å²) in [6.45, 7) is 0.662. The summed E-state index contributed by atoms with van der Waals surface area (Å²) < 4.78 is 5.05. The van der Waals surface area contributed by atoms with Gasteiger partial charge in [-0.05, 0) is 54.8 Å². The van der Waals surface area contributed by atoms with E-state index in [2.05, 4.69) is 0 Å². The number of carboxylic acids is 1. The summed E-state index contributed by atoms with van der Waals surface area (Å²) in [7, 11) is 0. The third-order valence-electron chi connectivity index (χ3n) is 4.42. The number of carboxylic acid groups (broad SMARTS) is 1. The van der Waals surface area contributed by atoms with E-state index in [-0.39, 0.29) is 17.4 Å². The van der Waals surface area contributed by atoms with Gasteiger partial charge in [0.05, 0.1) is 4.91 Å². The molecule has 0 spiro atoms. The first kappa shape index (κ1) is 19.9. The molecular weight excluding hydrogens is 384 g/mol. The molecule has 148 valence electrons. The molecule has 28 heavy (non-hydrogen) atoms. The number of hydrogen-bond donors (Lipinski definition) is 1. The number of likely N-dealkylation sites (tertiary alicyclic amines) is 1. The van der Waals surface area contributed by atoms with E-state index >= 15 is 0 Å². The van der Waals surface area contributed by atoms with Gasteiger partial charge in [0.25, 0.3) is 11.1 Å². The van der Waals surface area contributed by atoms with Crippen LogP contribution in [-0.4, -0.2) is 64.2 Å². The summed E-state index contributed by atoms with van der Waals surface area (Å²) in [6.07, 6.45) is 4.55. The summed E-state index contributed by atoms with van der Waals surface area (Å²) in [6, 6.07) is 6.48. The van der Waals surface area contributed by atoms with Gasteiger partial charge in [-0.15, -0.1) is 0 Å². The summed E-state index contributed by atoms with van der Waals surface area (Å²) in [5, 5.41) is 8.15. The number of aliphatic carboxylic acids is 1. The Hall–Kier alpha value is -2.81. The van der Waals surface area contributed by atoms with Gasteiger partial charge in [-0.2, -0.15) is 0 Å². The maximum atomic E-state index is 12.5. The zero-order valence-corrected chi connectivity index (χ0v) is 15.9. The molecule has 1 aromatic carbocycles. The monoisotopic (exact) mass is 404 g/mol. The van der Waals surface area contributed by atoms with E-state index in [4.69, 9.17) is 9.84 Å². The van der Waals surface area contributed by atoms with E-state index < -0.39 is 23.7 Å². The lowest BCUT2D eigenvalue weighted by Crippen LogP contribution is -2.44. The van der Waals surface area contributed by atoms with Gasteiger partial charge in [0, 0.05) is 13.1 Å². The second kappa shape index (κ2) is 8.92. The quantitative estimate of drug-likeness (QED) is 0.725. The fourth-order valence-electron chi connectivity index (χ4n) is 2.97. The van der Waals surface area contributed by atoms with Crippen LogP contribution in [0.3, 0.4) is 0 Å². The highest BCUT2D eigenvalue weighted by atomic mass is 32.2. The molecule has 8 nitrogen and oxygen atoms in total. The van der Waals surface area contributed by atoms with Crippen molar-refractivity contribution in [2.24, 2.45) is 0 Å². The zero-order valence-electron chi connectivity index (χ0n) is 15.1. The molecular formula is C19H20N2O6S. The fourth-order valence-corrected chi connectivity index (χ4v) is 3.81. The van der Waals surface area contributed by atoms with Crippen molar-refractivity contribution in [1.82, 2.24) is 9.80 Å². The molecule has 1 N–H and O–H groups in total. The van der Waals surface area contributed by atoms with E-state index in [1.165, 1.54) is 0 Å². The van der Waals surface area contributed by atoms with Crippen molar-refractivity contribution < 1.29 is 29.0 Å². The van der Waals surface area contributed by atoms with Crippen molar-refractivity contribution in [2.75, 3.05) is 26.2 Å². The Kier molecular flexibility index (Phi) is 6.35. The van der Waals surface area contributed by atoms with Crippen LogP contribution >= 0.6 is 11.8 Å². The molecule has 0 radical (unpaired) electrons. The Balaban J connectivity index is 1.63. The minimum absolute atomic E-state index is 0.205. The average molecular weight is 404 g/mol. The maximum absolute atomic E-state index is 12.5. The summed E-state index contributed by atoms with van der Waals surface area (Å²) in [5.74, 6) is -1.37. The van der Waals surface area contributed by atoms with E-state index in [9.17, 15) is 19.2 Å². The minimum atomic E-state index is -1.07. The Morgan fingerprint density at radius 3 is 2.43 bits per heavy atom. The van der Waals surface area contributed by atoms with Crippen LogP contribution in [0.5, 0.6) is 5.75 Å². The molecule has 2 aliphatic rings. The first-order chi connectivity index (χ1) is 13.4. The number of hydrogen-bond acceptors (Lipinski definition) is 6. The Morgan fingerprint density at radius 2 is 1.79 bits per heavy atom. The number of carbonyl (C=O) groups is 4. The standard InChI is InChI=1S/C19H20N2O6S/c22-16(20-8-2-1-3-9-20)11-21-18(25)15(28-19(21)26)10-13-4-6-14(7-5-13)27-12-17(23)24/h4-7,10H,1-3,8-9,11-12H2,(H,23,24)/b15-10+.